The minimum atomic E-state index is -3.48. The van der Waals surface area contributed by atoms with Gasteiger partial charge in [0.2, 0.25) is 0 Å². The van der Waals surface area contributed by atoms with Crippen molar-refractivity contribution < 1.29 is 22.7 Å². The fraction of sp³-hybridized carbons (Fsp3) is 0.562. The van der Waals surface area contributed by atoms with Gasteiger partial charge in [-0.1, -0.05) is 30.3 Å². The summed E-state index contributed by atoms with van der Waals surface area (Å²) in [5, 5.41) is 0. The van der Waals surface area contributed by atoms with Gasteiger partial charge in [0.25, 0.3) is 10.2 Å². The van der Waals surface area contributed by atoms with Crippen LogP contribution in [0.3, 0.4) is 0 Å². The number of nitrogens with zero attached hydrogens (tertiary/aromatic N) is 3. The molecule has 138 valence electrons. The van der Waals surface area contributed by atoms with Gasteiger partial charge in [0, 0.05) is 39.3 Å². The van der Waals surface area contributed by atoms with Crippen LogP contribution in [0.5, 0.6) is 0 Å². The molecule has 8 nitrogen and oxygen atoms in total. The largest absolute Gasteiger partial charge is 0.445 e. The van der Waals surface area contributed by atoms with Crippen LogP contribution in [0.1, 0.15) is 5.56 Å². The van der Waals surface area contributed by atoms with E-state index in [-0.39, 0.29) is 19.7 Å². The van der Waals surface area contributed by atoms with Crippen LogP contribution in [-0.2, 0) is 26.3 Å². The molecule has 9 heteroatoms. The number of carbonyl (C=O) groups excluding carboxylic acids is 1. The second-order valence-electron chi connectivity index (χ2n) is 5.95. The maximum atomic E-state index is 12.6. The number of hydrogen-bond donors (Lipinski definition) is 0. The van der Waals surface area contributed by atoms with Gasteiger partial charge in [0.05, 0.1) is 13.2 Å². The molecular formula is C16H23N3O5S. The van der Waals surface area contributed by atoms with E-state index in [9.17, 15) is 13.2 Å². The lowest BCUT2D eigenvalue weighted by atomic mass is 10.2. The van der Waals surface area contributed by atoms with Crippen LogP contribution in [0.25, 0.3) is 0 Å². The molecule has 2 aliphatic heterocycles. The molecule has 0 N–H and O–H groups in total. The van der Waals surface area contributed by atoms with Gasteiger partial charge in [-0.2, -0.15) is 17.0 Å². The maximum Gasteiger partial charge on any atom is 0.410 e. The van der Waals surface area contributed by atoms with Gasteiger partial charge >= 0.3 is 6.09 Å². The molecule has 2 saturated heterocycles. The average Bonchev–Trinajstić information content (AvgIpc) is 2.68. The zero-order valence-corrected chi connectivity index (χ0v) is 14.9. The average molecular weight is 369 g/mol. The molecule has 0 atom stereocenters. The van der Waals surface area contributed by atoms with Gasteiger partial charge in [-0.25, -0.2) is 4.79 Å². The van der Waals surface area contributed by atoms with Crippen molar-refractivity contribution in [3.05, 3.63) is 35.9 Å². The van der Waals surface area contributed by atoms with Crippen molar-refractivity contribution in [1.82, 2.24) is 13.5 Å². The van der Waals surface area contributed by atoms with E-state index < -0.39 is 16.3 Å². The summed E-state index contributed by atoms with van der Waals surface area (Å²) in [5.74, 6) is 0. The van der Waals surface area contributed by atoms with E-state index in [2.05, 4.69) is 0 Å². The van der Waals surface area contributed by atoms with Crippen LogP contribution in [-0.4, -0.2) is 80.5 Å². The smallest absolute Gasteiger partial charge is 0.410 e. The van der Waals surface area contributed by atoms with Gasteiger partial charge in [0.15, 0.2) is 0 Å². The monoisotopic (exact) mass is 369 g/mol. The molecule has 0 aromatic heterocycles. The third-order valence-electron chi connectivity index (χ3n) is 4.32. The summed E-state index contributed by atoms with van der Waals surface area (Å²) in [7, 11) is -3.48. The maximum absolute atomic E-state index is 12.6. The Kier molecular flexibility index (Phi) is 5.89. The molecular weight excluding hydrogens is 346 g/mol. The van der Waals surface area contributed by atoms with Gasteiger partial charge in [-0.15, -0.1) is 0 Å². The van der Waals surface area contributed by atoms with Crippen LogP contribution < -0.4 is 0 Å². The van der Waals surface area contributed by atoms with E-state index >= 15 is 0 Å². The zero-order chi connectivity index (χ0) is 17.7. The number of rotatable bonds is 4. The second kappa shape index (κ2) is 8.13. The number of amides is 1. The minimum Gasteiger partial charge on any atom is -0.445 e. The Morgan fingerprint density at radius 3 is 2.20 bits per heavy atom. The molecule has 1 aromatic rings. The molecule has 3 rings (SSSR count). The Bertz CT molecular complexity index is 668. The van der Waals surface area contributed by atoms with E-state index in [1.54, 1.807) is 4.90 Å². The SMILES string of the molecule is O=C(OCc1ccccc1)N1CCN(S(=O)(=O)N2CCOCC2)CC1. The molecule has 0 aliphatic carbocycles. The van der Waals surface area contributed by atoms with Crippen LogP contribution in [0.15, 0.2) is 30.3 Å². The second-order valence-corrected chi connectivity index (χ2v) is 7.87. The minimum absolute atomic E-state index is 0.214. The normalized spacial score (nSPS) is 20.4. The van der Waals surface area contributed by atoms with E-state index in [1.807, 2.05) is 30.3 Å². The molecule has 0 spiro atoms. The first-order chi connectivity index (χ1) is 12.1. The summed E-state index contributed by atoms with van der Waals surface area (Å²) < 4.78 is 38.6. The first-order valence-electron chi connectivity index (χ1n) is 8.36. The molecule has 2 aliphatic rings. The predicted molar refractivity (Wildman–Crippen MR) is 91.1 cm³/mol. The molecule has 0 bridgehead atoms. The Balaban J connectivity index is 1.48. The Labute approximate surface area is 148 Å². The predicted octanol–water partition coefficient (Wildman–Crippen LogP) is 0.518. The highest BCUT2D eigenvalue weighted by Gasteiger charge is 2.34. The van der Waals surface area contributed by atoms with Crippen LogP contribution >= 0.6 is 0 Å². The molecule has 0 saturated carbocycles. The lowest BCUT2D eigenvalue weighted by Gasteiger charge is -2.37. The van der Waals surface area contributed by atoms with Gasteiger partial charge in [-0.3, -0.25) is 0 Å². The highest BCUT2D eigenvalue weighted by Crippen LogP contribution is 2.15. The number of hydrogen-bond acceptors (Lipinski definition) is 5. The fourth-order valence-corrected chi connectivity index (χ4v) is 4.41. The Morgan fingerprint density at radius 1 is 0.960 bits per heavy atom. The topological polar surface area (TPSA) is 79.4 Å². The Hall–Kier alpha value is -1.68. The van der Waals surface area contributed by atoms with Crippen LogP contribution in [0.2, 0.25) is 0 Å². The molecule has 2 heterocycles. The summed E-state index contributed by atoms with van der Waals surface area (Å²) in [6.45, 7) is 3.03. The van der Waals surface area contributed by atoms with Crippen LogP contribution in [0.4, 0.5) is 4.79 Å². The van der Waals surface area contributed by atoms with Gasteiger partial charge in [0.1, 0.15) is 6.61 Å². The summed E-state index contributed by atoms with van der Waals surface area (Å²) in [4.78, 5) is 13.7. The van der Waals surface area contributed by atoms with E-state index in [4.69, 9.17) is 9.47 Å². The molecule has 0 radical (unpaired) electrons. The number of benzene rings is 1. The first kappa shape index (κ1) is 18.1. The highest BCUT2D eigenvalue weighted by molar-refractivity contribution is 7.86. The molecule has 1 amide bonds. The fourth-order valence-electron chi connectivity index (χ4n) is 2.85. The summed E-state index contributed by atoms with van der Waals surface area (Å²) in [5.41, 5.74) is 0.921. The van der Waals surface area contributed by atoms with Crippen molar-refractivity contribution in [2.75, 3.05) is 52.5 Å². The number of morpholine rings is 1. The first-order valence-corrected chi connectivity index (χ1v) is 9.75. The van der Waals surface area contributed by atoms with Crippen molar-refractivity contribution >= 4 is 16.3 Å². The van der Waals surface area contributed by atoms with Crippen molar-refractivity contribution in [2.24, 2.45) is 0 Å². The lowest BCUT2D eigenvalue weighted by molar-refractivity contribution is 0.0659. The number of carbonyl (C=O) groups is 1. The quantitative estimate of drug-likeness (QED) is 0.773. The van der Waals surface area contributed by atoms with Crippen molar-refractivity contribution in [2.45, 2.75) is 6.61 Å². The summed E-state index contributed by atoms with van der Waals surface area (Å²) in [6, 6.07) is 9.45. The lowest BCUT2D eigenvalue weighted by Crippen LogP contribution is -2.55. The summed E-state index contributed by atoms with van der Waals surface area (Å²) in [6.07, 6.45) is -0.410. The standard InChI is InChI=1S/C16H23N3O5S/c20-16(24-14-15-4-2-1-3-5-15)17-6-8-18(9-7-17)25(21,22)19-10-12-23-13-11-19/h1-5H,6-14H2. The summed E-state index contributed by atoms with van der Waals surface area (Å²) >= 11 is 0. The van der Waals surface area contributed by atoms with Gasteiger partial charge in [-0.05, 0) is 5.56 Å². The van der Waals surface area contributed by atoms with E-state index in [1.165, 1.54) is 8.61 Å². The molecule has 2 fully saturated rings. The van der Waals surface area contributed by atoms with Crippen molar-refractivity contribution in [3.63, 3.8) is 0 Å². The van der Waals surface area contributed by atoms with Crippen molar-refractivity contribution in [1.29, 1.82) is 0 Å². The molecule has 25 heavy (non-hydrogen) atoms. The zero-order valence-electron chi connectivity index (χ0n) is 14.0. The van der Waals surface area contributed by atoms with E-state index in [0.717, 1.165) is 5.56 Å². The number of ether oxygens (including phenoxy) is 2. The number of piperazine rings is 1. The van der Waals surface area contributed by atoms with Crippen LogP contribution in [0, 0.1) is 0 Å². The highest BCUT2D eigenvalue weighted by atomic mass is 32.2. The third kappa shape index (κ3) is 4.49. The molecule has 1 aromatic carbocycles. The third-order valence-corrected chi connectivity index (χ3v) is 6.36. The molecule has 0 unspecified atom stereocenters. The van der Waals surface area contributed by atoms with Gasteiger partial charge < -0.3 is 14.4 Å². The van der Waals surface area contributed by atoms with E-state index in [0.29, 0.717) is 39.4 Å². The van der Waals surface area contributed by atoms with Crippen molar-refractivity contribution in [3.8, 4) is 0 Å². The Morgan fingerprint density at radius 2 is 1.56 bits per heavy atom.